The summed E-state index contributed by atoms with van der Waals surface area (Å²) < 4.78 is 14.1. The number of thiazole rings is 1. The molecule has 0 radical (unpaired) electrons. The van der Waals surface area contributed by atoms with Gasteiger partial charge in [-0.2, -0.15) is 0 Å². The first kappa shape index (κ1) is 16.7. The fraction of sp³-hybridized carbons (Fsp3) is 0.474. The van der Waals surface area contributed by atoms with Crippen LogP contribution >= 0.6 is 11.3 Å². The van der Waals surface area contributed by atoms with Crippen LogP contribution in [0.4, 0.5) is 4.39 Å². The Labute approximate surface area is 151 Å². The van der Waals surface area contributed by atoms with Crippen molar-refractivity contribution in [3.8, 4) is 0 Å². The zero-order valence-corrected chi connectivity index (χ0v) is 15.0. The Bertz CT molecular complexity index is 751. The number of benzene rings is 1. The van der Waals surface area contributed by atoms with E-state index >= 15 is 0 Å². The molecule has 1 atom stereocenters. The molecule has 6 heteroatoms. The molecule has 1 aromatic heterocycles. The molecule has 3 heterocycles. The summed E-state index contributed by atoms with van der Waals surface area (Å²) >= 11 is 1.45. The lowest BCUT2D eigenvalue weighted by molar-refractivity contribution is 0.0289. The van der Waals surface area contributed by atoms with Crippen molar-refractivity contribution in [2.75, 3.05) is 19.6 Å². The Kier molecular flexibility index (Phi) is 4.56. The molecular formula is C19H22FN3OS. The number of nitrogens with zero attached hydrogens (tertiary/aromatic N) is 3. The minimum atomic E-state index is -0.143. The molecular weight excluding hydrogens is 337 g/mol. The summed E-state index contributed by atoms with van der Waals surface area (Å²) in [5.41, 5.74) is 2.96. The molecule has 2 aromatic rings. The quantitative estimate of drug-likeness (QED) is 0.841. The first-order valence-electron chi connectivity index (χ1n) is 8.84. The Morgan fingerprint density at radius 1 is 1.24 bits per heavy atom. The predicted octanol–water partition coefficient (Wildman–Crippen LogP) is 3.55. The van der Waals surface area contributed by atoms with Crippen LogP contribution in [-0.2, 0) is 6.54 Å². The van der Waals surface area contributed by atoms with Gasteiger partial charge in [0.1, 0.15) is 11.5 Å². The zero-order chi connectivity index (χ0) is 17.3. The van der Waals surface area contributed by atoms with E-state index in [0.717, 1.165) is 50.9 Å². The number of halogens is 1. The Morgan fingerprint density at radius 2 is 2.04 bits per heavy atom. The van der Waals surface area contributed by atoms with Gasteiger partial charge < -0.3 is 4.90 Å². The molecule has 1 spiro atoms. The maximum absolute atomic E-state index is 14.1. The van der Waals surface area contributed by atoms with Crippen LogP contribution in [0.5, 0.6) is 0 Å². The molecule has 4 nitrogen and oxygen atoms in total. The van der Waals surface area contributed by atoms with E-state index in [0.29, 0.717) is 12.2 Å². The highest BCUT2D eigenvalue weighted by Crippen LogP contribution is 2.38. The van der Waals surface area contributed by atoms with Crippen LogP contribution in [0.2, 0.25) is 0 Å². The van der Waals surface area contributed by atoms with E-state index in [9.17, 15) is 9.18 Å². The standard InChI is InChI=1S/C19H22FN3OS/c20-16-6-2-1-5-15(16)11-23-10-4-8-19(23)7-3-9-22(13-19)18(24)17-12-25-14-21-17/h1-2,5-6,12,14H,3-4,7-11,13H2. The molecule has 132 valence electrons. The number of amides is 1. The fourth-order valence-corrected chi connectivity index (χ4v) is 4.83. The summed E-state index contributed by atoms with van der Waals surface area (Å²) in [7, 11) is 0. The minimum Gasteiger partial charge on any atom is -0.335 e. The largest absolute Gasteiger partial charge is 0.335 e. The van der Waals surface area contributed by atoms with E-state index in [1.165, 1.54) is 17.4 Å². The van der Waals surface area contributed by atoms with Gasteiger partial charge in [0.25, 0.3) is 5.91 Å². The van der Waals surface area contributed by atoms with Gasteiger partial charge in [0.2, 0.25) is 0 Å². The van der Waals surface area contributed by atoms with Gasteiger partial charge in [-0.3, -0.25) is 9.69 Å². The second-order valence-corrected chi connectivity index (χ2v) is 7.76. The van der Waals surface area contributed by atoms with Crippen LogP contribution in [0.3, 0.4) is 0 Å². The molecule has 2 aliphatic rings. The van der Waals surface area contributed by atoms with Crippen LogP contribution in [0.25, 0.3) is 0 Å². The molecule has 0 saturated carbocycles. The number of carbonyl (C=O) groups is 1. The summed E-state index contributed by atoms with van der Waals surface area (Å²) in [6.07, 6.45) is 4.24. The highest BCUT2D eigenvalue weighted by molar-refractivity contribution is 7.07. The van der Waals surface area contributed by atoms with Crippen molar-refractivity contribution in [1.82, 2.24) is 14.8 Å². The predicted molar refractivity (Wildman–Crippen MR) is 96.0 cm³/mol. The maximum Gasteiger partial charge on any atom is 0.273 e. The van der Waals surface area contributed by atoms with E-state index in [4.69, 9.17) is 0 Å². The number of hydrogen-bond acceptors (Lipinski definition) is 4. The molecule has 1 amide bonds. The molecule has 2 fully saturated rings. The molecule has 25 heavy (non-hydrogen) atoms. The van der Waals surface area contributed by atoms with Gasteiger partial charge in [-0.15, -0.1) is 11.3 Å². The summed E-state index contributed by atoms with van der Waals surface area (Å²) in [4.78, 5) is 21.2. The van der Waals surface area contributed by atoms with Crippen LogP contribution < -0.4 is 0 Å². The van der Waals surface area contributed by atoms with Gasteiger partial charge in [-0.1, -0.05) is 18.2 Å². The number of likely N-dealkylation sites (tertiary alicyclic amines) is 2. The SMILES string of the molecule is O=C(c1cscn1)N1CCCC2(CCCN2Cc2ccccc2F)C1. The number of rotatable bonds is 3. The Balaban J connectivity index is 1.53. The third-order valence-electron chi connectivity index (χ3n) is 5.55. The number of aromatic nitrogens is 1. The first-order chi connectivity index (χ1) is 12.2. The van der Waals surface area contributed by atoms with E-state index in [1.807, 2.05) is 22.4 Å². The van der Waals surface area contributed by atoms with Gasteiger partial charge in [0.15, 0.2) is 0 Å². The molecule has 1 aromatic carbocycles. The van der Waals surface area contributed by atoms with Crippen LogP contribution in [0.1, 0.15) is 41.7 Å². The van der Waals surface area contributed by atoms with Gasteiger partial charge in [-0.05, 0) is 38.3 Å². The Hall–Kier alpha value is -1.79. The molecule has 4 rings (SSSR count). The highest BCUT2D eigenvalue weighted by atomic mass is 32.1. The van der Waals surface area contributed by atoms with Gasteiger partial charge >= 0.3 is 0 Å². The molecule has 0 aliphatic carbocycles. The zero-order valence-electron chi connectivity index (χ0n) is 14.2. The van der Waals surface area contributed by atoms with Crippen molar-refractivity contribution < 1.29 is 9.18 Å². The smallest absolute Gasteiger partial charge is 0.273 e. The minimum absolute atomic E-state index is 0.0216. The summed E-state index contributed by atoms with van der Waals surface area (Å²) in [6, 6.07) is 7.01. The lowest BCUT2D eigenvalue weighted by Crippen LogP contribution is -2.56. The second kappa shape index (κ2) is 6.84. The normalized spacial score (nSPS) is 24.1. The number of piperidine rings is 1. The lowest BCUT2D eigenvalue weighted by atomic mass is 9.86. The summed E-state index contributed by atoms with van der Waals surface area (Å²) in [5.74, 6) is -0.117. The van der Waals surface area contributed by atoms with Gasteiger partial charge in [0.05, 0.1) is 5.51 Å². The van der Waals surface area contributed by atoms with Crippen molar-refractivity contribution in [3.63, 3.8) is 0 Å². The average molecular weight is 359 g/mol. The average Bonchev–Trinajstić information content (AvgIpc) is 3.28. The first-order valence-corrected chi connectivity index (χ1v) is 9.78. The van der Waals surface area contributed by atoms with E-state index in [1.54, 1.807) is 11.6 Å². The van der Waals surface area contributed by atoms with Crippen molar-refractivity contribution in [2.24, 2.45) is 0 Å². The Morgan fingerprint density at radius 3 is 2.80 bits per heavy atom. The topological polar surface area (TPSA) is 36.4 Å². The second-order valence-electron chi connectivity index (χ2n) is 7.04. The molecule has 0 N–H and O–H groups in total. The summed E-state index contributed by atoms with van der Waals surface area (Å²) in [6.45, 7) is 3.09. The fourth-order valence-electron chi connectivity index (χ4n) is 4.30. The molecule has 1 unspecified atom stereocenters. The van der Waals surface area contributed by atoms with Gasteiger partial charge in [-0.25, -0.2) is 9.37 Å². The highest BCUT2D eigenvalue weighted by Gasteiger charge is 2.45. The van der Waals surface area contributed by atoms with E-state index in [2.05, 4.69) is 9.88 Å². The third kappa shape index (κ3) is 3.20. The van der Waals surface area contributed by atoms with Crippen molar-refractivity contribution >= 4 is 17.2 Å². The number of hydrogen-bond donors (Lipinski definition) is 0. The third-order valence-corrected chi connectivity index (χ3v) is 6.14. The molecule has 0 bridgehead atoms. The monoisotopic (exact) mass is 359 g/mol. The maximum atomic E-state index is 14.1. The van der Waals surface area contributed by atoms with E-state index < -0.39 is 0 Å². The van der Waals surface area contributed by atoms with Crippen LogP contribution in [0.15, 0.2) is 35.2 Å². The molecule has 2 saturated heterocycles. The summed E-state index contributed by atoms with van der Waals surface area (Å²) in [5, 5.41) is 1.81. The van der Waals surface area contributed by atoms with Crippen LogP contribution in [0, 0.1) is 5.82 Å². The van der Waals surface area contributed by atoms with Crippen molar-refractivity contribution in [3.05, 3.63) is 52.2 Å². The van der Waals surface area contributed by atoms with Crippen molar-refractivity contribution in [1.29, 1.82) is 0 Å². The van der Waals surface area contributed by atoms with Gasteiger partial charge in [0, 0.05) is 36.1 Å². The number of carbonyl (C=O) groups excluding carboxylic acids is 1. The lowest BCUT2D eigenvalue weighted by Gasteiger charge is -2.46. The molecule has 2 aliphatic heterocycles. The van der Waals surface area contributed by atoms with Crippen molar-refractivity contribution in [2.45, 2.75) is 37.8 Å². The van der Waals surface area contributed by atoms with E-state index in [-0.39, 0.29) is 17.3 Å². The van der Waals surface area contributed by atoms with Crippen LogP contribution in [-0.4, -0.2) is 45.9 Å².